The summed E-state index contributed by atoms with van der Waals surface area (Å²) < 4.78 is 0. The molecule has 0 saturated heterocycles. The van der Waals surface area contributed by atoms with E-state index in [1.54, 1.807) is 6.07 Å². The predicted molar refractivity (Wildman–Crippen MR) is 91.9 cm³/mol. The maximum Gasteiger partial charge on any atom is 0.273 e. The van der Waals surface area contributed by atoms with Gasteiger partial charge in [0.15, 0.2) is 5.82 Å². The van der Waals surface area contributed by atoms with Gasteiger partial charge in [-0.25, -0.2) is 0 Å². The van der Waals surface area contributed by atoms with Crippen molar-refractivity contribution in [1.82, 2.24) is 20.5 Å². The minimum absolute atomic E-state index is 0.0579. The van der Waals surface area contributed by atoms with E-state index >= 15 is 0 Å². The van der Waals surface area contributed by atoms with Crippen molar-refractivity contribution >= 4 is 17.5 Å². The molecule has 7 heteroatoms. The van der Waals surface area contributed by atoms with Crippen LogP contribution >= 0.6 is 11.6 Å². The molecular formula is C17H19ClN4O2. The highest BCUT2D eigenvalue weighted by Gasteiger charge is 2.21. The van der Waals surface area contributed by atoms with Gasteiger partial charge in [-0.1, -0.05) is 23.7 Å². The lowest BCUT2D eigenvalue weighted by atomic mass is 10.1. The maximum absolute atomic E-state index is 12.1. The zero-order chi connectivity index (χ0) is 17.1. The molecular weight excluding hydrogens is 328 g/mol. The molecule has 1 aromatic carbocycles. The van der Waals surface area contributed by atoms with E-state index in [-0.39, 0.29) is 30.0 Å². The van der Waals surface area contributed by atoms with Crippen LogP contribution in [0.4, 0.5) is 0 Å². The second-order valence-corrected chi connectivity index (χ2v) is 6.57. The Kier molecular flexibility index (Phi) is 4.94. The van der Waals surface area contributed by atoms with Gasteiger partial charge in [-0.2, -0.15) is 0 Å². The average Bonchev–Trinajstić information content (AvgIpc) is 3.38. The zero-order valence-corrected chi connectivity index (χ0v) is 14.2. The van der Waals surface area contributed by atoms with Crippen molar-refractivity contribution in [1.29, 1.82) is 0 Å². The molecule has 1 aliphatic rings. The fraction of sp³-hybridized carbons (Fsp3) is 0.412. The highest BCUT2D eigenvalue weighted by Crippen LogP contribution is 2.27. The second kappa shape index (κ2) is 7.13. The number of aromatic amines is 1. The molecule has 3 rings (SSSR count). The summed E-state index contributed by atoms with van der Waals surface area (Å²) in [5.41, 5.74) is 1.58. The Morgan fingerprint density at radius 3 is 2.83 bits per heavy atom. The highest BCUT2D eigenvalue weighted by molar-refractivity contribution is 6.31. The van der Waals surface area contributed by atoms with Crippen molar-refractivity contribution in [2.24, 2.45) is 5.92 Å². The van der Waals surface area contributed by atoms with E-state index in [2.05, 4.69) is 20.5 Å². The Morgan fingerprint density at radius 2 is 2.17 bits per heavy atom. The van der Waals surface area contributed by atoms with E-state index in [9.17, 15) is 9.59 Å². The predicted octanol–water partition coefficient (Wildman–Crippen LogP) is 2.25. The van der Waals surface area contributed by atoms with Crippen LogP contribution in [0.5, 0.6) is 0 Å². The normalized spacial score (nSPS) is 13.8. The number of aromatic nitrogens is 3. The summed E-state index contributed by atoms with van der Waals surface area (Å²) in [5, 5.41) is 11.5. The van der Waals surface area contributed by atoms with Crippen LogP contribution in [0.15, 0.2) is 23.0 Å². The smallest absolute Gasteiger partial charge is 0.273 e. The molecule has 1 aliphatic carbocycles. The van der Waals surface area contributed by atoms with E-state index in [1.165, 1.54) is 12.8 Å². The van der Waals surface area contributed by atoms with E-state index in [0.29, 0.717) is 22.3 Å². The molecule has 1 amide bonds. The molecule has 0 aliphatic heterocycles. The highest BCUT2D eigenvalue weighted by atomic mass is 35.5. The first kappa shape index (κ1) is 16.6. The quantitative estimate of drug-likeness (QED) is 0.839. The molecule has 2 N–H and O–H groups in total. The Hall–Kier alpha value is -2.21. The van der Waals surface area contributed by atoms with E-state index in [4.69, 9.17) is 11.6 Å². The maximum atomic E-state index is 12.1. The molecule has 126 valence electrons. The average molecular weight is 347 g/mol. The number of nitrogens with one attached hydrogen (secondary N) is 2. The molecule has 6 nitrogen and oxygen atoms in total. The third kappa shape index (κ3) is 4.20. The van der Waals surface area contributed by atoms with E-state index in [1.807, 2.05) is 19.1 Å². The molecule has 1 heterocycles. The van der Waals surface area contributed by atoms with Crippen LogP contribution in [0.3, 0.4) is 0 Å². The van der Waals surface area contributed by atoms with Gasteiger partial charge >= 0.3 is 0 Å². The van der Waals surface area contributed by atoms with Crippen molar-refractivity contribution < 1.29 is 4.79 Å². The number of aryl methyl sites for hydroxylation is 2. The second-order valence-electron chi connectivity index (χ2n) is 6.16. The minimum Gasteiger partial charge on any atom is -0.356 e. The number of amides is 1. The van der Waals surface area contributed by atoms with E-state index in [0.717, 1.165) is 12.1 Å². The standard InChI is InChI=1S/C17H19ClN4O2/c1-10-2-5-12(8-13(10)18)16-20-17(24)14(21-22-16)6-7-15(23)19-9-11-3-4-11/h2,5,8,11H,3-4,6-7,9H2,1H3,(H,19,23)(H,20,22,24). The first-order valence-corrected chi connectivity index (χ1v) is 8.40. The van der Waals surface area contributed by atoms with Crippen LogP contribution < -0.4 is 10.9 Å². The number of hydrogen-bond acceptors (Lipinski definition) is 4. The van der Waals surface area contributed by atoms with Gasteiger partial charge in [0, 0.05) is 30.0 Å². The molecule has 0 atom stereocenters. The van der Waals surface area contributed by atoms with Crippen molar-refractivity contribution in [3.8, 4) is 11.4 Å². The molecule has 0 unspecified atom stereocenters. The third-order valence-corrected chi connectivity index (χ3v) is 4.49. The van der Waals surface area contributed by atoms with Gasteiger partial charge in [-0.3, -0.25) is 9.59 Å². The van der Waals surface area contributed by atoms with Crippen LogP contribution in [0.25, 0.3) is 11.4 Å². The number of rotatable bonds is 6. The lowest BCUT2D eigenvalue weighted by molar-refractivity contribution is -0.121. The van der Waals surface area contributed by atoms with Crippen LogP contribution in [-0.4, -0.2) is 27.6 Å². The summed E-state index contributed by atoms with van der Waals surface area (Å²) >= 11 is 6.09. The summed E-state index contributed by atoms with van der Waals surface area (Å²) in [6.45, 7) is 2.63. The van der Waals surface area contributed by atoms with Crippen LogP contribution in [-0.2, 0) is 11.2 Å². The Morgan fingerprint density at radius 1 is 1.38 bits per heavy atom. The topological polar surface area (TPSA) is 87.7 Å². The van der Waals surface area contributed by atoms with Crippen molar-refractivity contribution in [3.05, 3.63) is 44.8 Å². The number of carbonyl (C=O) groups is 1. The molecule has 0 bridgehead atoms. The summed E-state index contributed by atoms with van der Waals surface area (Å²) in [7, 11) is 0. The Balaban J connectivity index is 1.64. The lowest BCUT2D eigenvalue weighted by Gasteiger charge is -2.05. The number of H-pyrrole nitrogens is 1. The van der Waals surface area contributed by atoms with Gasteiger partial charge in [0.1, 0.15) is 5.69 Å². The number of hydrogen-bond donors (Lipinski definition) is 2. The molecule has 1 aromatic heterocycles. The van der Waals surface area contributed by atoms with E-state index < -0.39 is 0 Å². The SMILES string of the molecule is Cc1ccc(-c2nnc(CCC(=O)NCC3CC3)c(=O)[nH]2)cc1Cl. The zero-order valence-electron chi connectivity index (χ0n) is 13.4. The van der Waals surface area contributed by atoms with Gasteiger partial charge in [-0.05, 0) is 37.3 Å². The molecule has 2 aromatic rings. The molecule has 1 saturated carbocycles. The summed E-state index contributed by atoms with van der Waals surface area (Å²) in [4.78, 5) is 26.6. The lowest BCUT2D eigenvalue weighted by Crippen LogP contribution is -2.27. The summed E-state index contributed by atoms with van der Waals surface area (Å²) in [5.74, 6) is 0.944. The summed E-state index contributed by atoms with van der Waals surface area (Å²) in [6, 6.07) is 5.42. The van der Waals surface area contributed by atoms with Crippen molar-refractivity contribution in [3.63, 3.8) is 0 Å². The number of halogens is 1. The van der Waals surface area contributed by atoms with Crippen molar-refractivity contribution in [2.75, 3.05) is 6.54 Å². The fourth-order valence-electron chi connectivity index (χ4n) is 2.29. The minimum atomic E-state index is -0.327. The number of benzene rings is 1. The van der Waals surface area contributed by atoms with Gasteiger partial charge < -0.3 is 10.3 Å². The van der Waals surface area contributed by atoms with Crippen LogP contribution in [0.1, 0.15) is 30.5 Å². The van der Waals surface area contributed by atoms with Crippen LogP contribution in [0, 0.1) is 12.8 Å². The first-order chi connectivity index (χ1) is 11.5. The third-order valence-electron chi connectivity index (χ3n) is 4.08. The van der Waals surface area contributed by atoms with Gasteiger partial charge in [0.25, 0.3) is 5.56 Å². The van der Waals surface area contributed by atoms with Crippen LogP contribution in [0.2, 0.25) is 5.02 Å². The van der Waals surface area contributed by atoms with Gasteiger partial charge in [0.2, 0.25) is 5.91 Å². The number of carbonyl (C=O) groups excluding carboxylic acids is 1. The Bertz CT molecular complexity index is 814. The molecule has 24 heavy (non-hydrogen) atoms. The largest absolute Gasteiger partial charge is 0.356 e. The molecule has 1 fully saturated rings. The fourth-order valence-corrected chi connectivity index (χ4v) is 2.48. The van der Waals surface area contributed by atoms with Crippen molar-refractivity contribution in [2.45, 2.75) is 32.6 Å². The van der Waals surface area contributed by atoms with Gasteiger partial charge in [0.05, 0.1) is 0 Å². The Labute approximate surface area is 144 Å². The molecule has 0 spiro atoms. The van der Waals surface area contributed by atoms with Gasteiger partial charge in [-0.15, -0.1) is 10.2 Å². The monoisotopic (exact) mass is 346 g/mol. The first-order valence-electron chi connectivity index (χ1n) is 8.02. The summed E-state index contributed by atoms with van der Waals surface area (Å²) in [6.07, 6.45) is 2.89. The number of nitrogens with zero attached hydrogens (tertiary/aromatic N) is 2. The molecule has 0 radical (unpaired) electrons.